The molecule has 8 nitrogen and oxygen atoms in total. The number of nitriles is 1. The zero-order valence-electron chi connectivity index (χ0n) is 18.6. The Bertz CT molecular complexity index is 1550. The van der Waals surface area contributed by atoms with Crippen LogP contribution in [0.25, 0.3) is 33.4 Å². The van der Waals surface area contributed by atoms with Crippen LogP contribution in [0.1, 0.15) is 5.69 Å². The first kappa shape index (κ1) is 21.0. The summed E-state index contributed by atoms with van der Waals surface area (Å²) in [6.07, 6.45) is 3.43. The second-order valence-electron chi connectivity index (χ2n) is 7.80. The van der Waals surface area contributed by atoms with Crippen molar-refractivity contribution in [3.8, 4) is 40.2 Å². The molecular formula is C26H21N7O. The minimum absolute atomic E-state index is 0.400. The second kappa shape index (κ2) is 8.56. The number of nitrogens with two attached hydrogens (primary N) is 1. The molecule has 0 aliphatic rings. The summed E-state index contributed by atoms with van der Waals surface area (Å²) in [5, 5.41) is 12.5. The van der Waals surface area contributed by atoms with Gasteiger partial charge in [0.15, 0.2) is 6.19 Å². The summed E-state index contributed by atoms with van der Waals surface area (Å²) in [5.41, 5.74) is 12.3. The first-order chi connectivity index (χ1) is 16.5. The lowest BCUT2D eigenvalue weighted by molar-refractivity contribution is 0.462. The van der Waals surface area contributed by atoms with Crippen LogP contribution >= 0.6 is 0 Å². The Morgan fingerprint density at radius 1 is 1.00 bits per heavy atom. The first-order valence-corrected chi connectivity index (χ1v) is 10.6. The lowest BCUT2D eigenvalue weighted by Gasteiger charge is -2.11. The van der Waals surface area contributed by atoms with Crippen LogP contribution < -0.4 is 15.8 Å². The summed E-state index contributed by atoms with van der Waals surface area (Å²) in [5.74, 6) is 1.61. The molecule has 2 aromatic carbocycles. The third-order valence-electron chi connectivity index (χ3n) is 5.56. The van der Waals surface area contributed by atoms with Crippen LogP contribution in [-0.2, 0) is 7.05 Å². The number of anilines is 2. The number of nitrogens with zero attached hydrogens (tertiary/aromatic N) is 5. The van der Waals surface area contributed by atoms with Gasteiger partial charge in [0.1, 0.15) is 23.5 Å². The summed E-state index contributed by atoms with van der Waals surface area (Å²) < 4.78 is 7.91. The molecule has 0 radical (unpaired) electrons. The van der Waals surface area contributed by atoms with Crippen molar-refractivity contribution < 1.29 is 4.74 Å². The fourth-order valence-corrected chi connectivity index (χ4v) is 4.09. The highest BCUT2D eigenvalue weighted by atomic mass is 16.5. The molecule has 0 saturated carbocycles. The van der Waals surface area contributed by atoms with Gasteiger partial charge < -0.3 is 15.0 Å². The molecule has 166 valence electrons. The number of ether oxygens (including phenoxy) is 1. The van der Waals surface area contributed by atoms with Crippen molar-refractivity contribution in [3.63, 3.8) is 0 Å². The smallest absolute Gasteiger partial charge is 0.219 e. The van der Waals surface area contributed by atoms with Crippen LogP contribution in [0.2, 0.25) is 0 Å². The number of hydrogen-bond donors (Lipinski definition) is 2. The number of nitrogens with one attached hydrogen (secondary N) is 1. The number of rotatable bonds is 5. The Kier molecular flexibility index (Phi) is 5.28. The van der Waals surface area contributed by atoms with Gasteiger partial charge >= 0.3 is 0 Å². The molecule has 3 N–H and O–H groups in total. The second-order valence-corrected chi connectivity index (χ2v) is 7.80. The van der Waals surface area contributed by atoms with Gasteiger partial charge in [0.2, 0.25) is 5.88 Å². The van der Waals surface area contributed by atoms with Gasteiger partial charge in [-0.15, -0.1) is 0 Å². The first-order valence-electron chi connectivity index (χ1n) is 10.6. The summed E-state index contributed by atoms with van der Waals surface area (Å²) in [4.78, 5) is 13.1. The average Bonchev–Trinajstić information content (AvgIpc) is 3.14. The maximum atomic E-state index is 9.05. The number of nitrogen functional groups attached to an aromatic ring is 1. The van der Waals surface area contributed by atoms with Crippen LogP contribution in [0.3, 0.4) is 0 Å². The molecule has 0 aliphatic carbocycles. The van der Waals surface area contributed by atoms with E-state index in [-0.39, 0.29) is 0 Å². The van der Waals surface area contributed by atoms with Gasteiger partial charge in [-0.05, 0) is 42.8 Å². The number of benzene rings is 2. The Balaban J connectivity index is 1.65. The Hall–Kier alpha value is -4.90. The Morgan fingerprint density at radius 3 is 2.56 bits per heavy atom. The zero-order valence-corrected chi connectivity index (χ0v) is 18.6. The predicted octanol–water partition coefficient (Wildman–Crippen LogP) is 5.27. The average molecular weight is 448 g/mol. The summed E-state index contributed by atoms with van der Waals surface area (Å²) in [7, 11) is 1.94. The highest BCUT2D eigenvalue weighted by Crippen LogP contribution is 2.42. The van der Waals surface area contributed by atoms with E-state index in [9.17, 15) is 0 Å². The van der Waals surface area contributed by atoms with E-state index in [4.69, 9.17) is 15.7 Å². The van der Waals surface area contributed by atoms with Gasteiger partial charge in [0.05, 0.1) is 11.1 Å². The quantitative estimate of drug-likeness (QED) is 0.278. The van der Waals surface area contributed by atoms with Crippen LogP contribution in [0, 0.1) is 18.4 Å². The van der Waals surface area contributed by atoms with E-state index in [1.54, 1.807) is 0 Å². The van der Waals surface area contributed by atoms with Crippen molar-refractivity contribution in [2.45, 2.75) is 6.92 Å². The Morgan fingerprint density at radius 2 is 1.79 bits per heavy atom. The van der Waals surface area contributed by atoms with Crippen LogP contribution in [0.15, 0.2) is 73.1 Å². The van der Waals surface area contributed by atoms with Crippen molar-refractivity contribution in [1.29, 1.82) is 5.26 Å². The van der Waals surface area contributed by atoms with E-state index >= 15 is 0 Å². The summed E-state index contributed by atoms with van der Waals surface area (Å²) in [6.45, 7) is 1.92. The van der Waals surface area contributed by atoms with Crippen LogP contribution in [0.5, 0.6) is 11.6 Å². The lowest BCUT2D eigenvalue weighted by atomic mass is 9.98. The van der Waals surface area contributed by atoms with Gasteiger partial charge in [0, 0.05) is 35.6 Å². The minimum atomic E-state index is 0.400. The van der Waals surface area contributed by atoms with Gasteiger partial charge in [-0.1, -0.05) is 30.3 Å². The molecule has 34 heavy (non-hydrogen) atoms. The molecule has 5 rings (SSSR count). The lowest BCUT2D eigenvalue weighted by Crippen LogP contribution is -1.96. The predicted molar refractivity (Wildman–Crippen MR) is 132 cm³/mol. The summed E-state index contributed by atoms with van der Waals surface area (Å²) >= 11 is 0. The van der Waals surface area contributed by atoms with E-state index < -0.39 is 0 Å². The fraction of sp³-hybridized carbons (Fsp3) is 0.0769. The van der Waals surface area contributed by atoms with Crippen molar-refractivity contribution >= 4 is 22.5 Å². The topological polar surface area (TPSA) is 115 Å². The number of hydrogen-bond acceptors (Lipinski definition) is 7. The third-order valence-corrected chi connectivity index (χ3v) is 5.56. The molecule has 0 bridgehead atoms. The normalized spacial score (nSPS) is 10.7. The molecule has 3 aromatic heterocycles. The molecule has 0 atom stereocenters. The molecule has 0 unspecified atom stereocenters. The minimum Gasteiger partial charge on any atom is -0.439 e. The molecule has 0 amide bonds. The molecule has 0 fully saturated rings. The van der Waals surface area contributed by atoms with Crippen molar-refractivity contribution in [2.75, 3.05) is 11.1 Å². The van der Waals surface area contributed by atoms with E-state index in [0.717, 1.165) is 39.1 Å². The van der Waals surface area contributed by atoms with E-state index in [1.807, 2.05) is 91.5 Å². The zero-order chi connectivity index (χ0) is 23.7. The van der Waals surface area contributed by atoms with Crippen molar-refractivity contribution in [2.24, 2.45) is 7.05 Å². The van der Waals surface area contributed by atoms with Crippen LogP contribution in [0.4, 0.5) is 11.5 Å². The number of aryl methyl sites for hydroxylation is 2. The molecule has 5 aromatic rings. The molecule has 0 spiro atoms. The van der Waals surface area contributed by atoms with E-state index in [0.29, 0.717) is 23.1 Å². The molecule has 8 heteroatoms. The SMILES string of the molecule is Cc1cccc(Oc2ccc(-c3c(-c4cccc(NC#N)c4)n(C)c4ncnc(N)c34)cc2)n1. The number of pyridine rings is 1. The van der Waals surface area contributed by atoms with Crippen molar-refractivity contribution in [1.82, 2.24) is 19.5 Å². The van der Waals surface area contributed by atoms with Gasteiger partial charge in [-0.25, -0.2) is 15.0 Å². The highest BCUT2D eigenvalue weighted by molar-refractivity contribution is 6.07. The summed E-state index contributed by atoms with van der Waals surface area (Å²) in [6, 6.07) is 21.1. The standard InChI is InChI=1S/C26H21N7O/c1-16-5-3-8-21(32-16)34-20-11-9-17(10-12-20)22-23-25(28)30-15-31-26(23)33(2)24(22)18-6-4-7-19(13-18)29-14-27/h3-13,15,29H,1-2H3,(H2,28,30,31). The molecule has 3 heterocycles. The van der Waals surface area contributed by atoms with E-state index in [1.165, 1.54) is 6.33 Å². The van der Waals surface area contributed by atoms with E-state index in [2.05, 4.69) is 20.3 Å². The van der Waals surface area contributed by atoms with Gasteiger partial charge in [-0.3, -0.25) is 5.32 Å². The number of fused-ring (bicyclic) bond motifs is 1. The molecular weight excluding hydrogens is 426 g/mol. The van der Waals surface area contributed by atoms with Gasteiger partial charge in [0.25, 0.3) is 0 Å². The maximum Gasteiger partial charge on any atom is 0.219 e. The fourth-order valence-electron chi connectivity index (χ4n) is 4.09. The Labute approximate surface area is 196 Å². The molecule has 0 saturated heterocycles. The van der Waals surface area contributed by atoms with Crippen LogP contribution in [-0.4, -0.2) is 19.5 Å². The molecule has 0 aliphatic heterocycles. The van der Waals surface area contributed by atoms with Crippen molar-refractivity contribution in [3.05, 3.63) is 78.8 Å². The maximum absolute atomic E-state index is 9.05. The highest BCUT2D eigenvalue weighted by Gasteiger charge is 2.22. The largest absolute Gasteiger partial charge is 0.439 e. The third kappa shape index (κ3) is 3.76. The van der Waals surface area contributed by atoms with Gasteiger partial charge in [-0.2, -0.15) is 5.26 Å². The monoisotopic (exact) mass is 447 g/mol. The number of aromatic nitrogens is 4.